The third-order valence-corrected chi connectivity index (χ3v) is 6.32. The molecular formula is C22H30N4O. The zero-order valence-electron chi connectivity index (χ0n) is 16.5. The molecule has 1 spiro atoms. The van der Waals surface area contributed by atoms with Crippen molar-refractivity contribution < 1.29 is 4.79 Å². The van der Waals surface area contributed by atoms with E-state index in [0.717, 1.165) is 44.6 Å². The molecule has 0 bridgehead atoms. The molecule has 5 heteroatoms. The van der Waals surface area contributed by atoms with Gasteiger partial charge in [0.1, 0.15) is 6.54 Å². The minimum atomic E-state index is 0.191. The van der Waals surface area contributed by atoms with Crippen molar-refractivity contribution in [3.05, 3.63) is 53.9 Å². The Labute approximate surface area is 162 Å². The number of hydrogen-bond donors (Lipinski definition) is 0. The van der Waals surface area contributed by atoms with Gasteiger partial charge in [-0.25, -0.2) is 0 Å². The van der Waals surface area contributed by atoms with Crippen LogP contribution in [0.4, 0.5) is 0 Å². The van der Waals surface area contributed by atoms with E-state index in [2.05, 4.69) is 47.4 Å². The van der Waals surface area contributed by atoms with Crippen LogP contribution in [0.25, 0.3) is 0 Å². The van der Waals surface area contributed by atoms with Gasteiger partial charge in [-0.05, 0) is 55.7 Å². The molecule has 27 heavy (non-hydrogen) atoms. The van der Waals surface area contributed by atoms with Crippen LogP contribution in [-0.4, -0.2) is 58.7 Å². The molecule has 4 rings (SSSR count). The molecule has 3 heterocycles. The second-order valence-electron chi connectivity index (χ2n) is 8.60. The van der Waals surface area contributed by atoms with E-state index in [1.54, 1.807) is 10.9 Å². The number of rotatable bonds is 3. The molecule has 1 amide bonds. The predicted molar refractivity (Wildman–Crippen MR) is 107 cm³/mol. The van der Waals surface area contributed by atoms with Gasteiger partial charge in [0, 0.05) is 32.4 Å². The summed E-state index contributed by atoms with van der Waals surface area (Å²) in [6.07, 6.45) is 7.18. The zero-order chi connectivity index (χ0) is 18.9. The Morgan fingerprint density at radius 1 is 1.22 bits per heavy atom. The van der Waals surface area contributed by atoms with E-state index in [-0.39, 0.29) is 5.91 Å². The van der Waals surface area contributed by atoms with Crippen LogP contribution in [-0.2, 0) is 11.3 Å². The number of piperidine rings is 2. The average molecular weight is 367 g/mol. The summed E-state index contributed by atoms with van der Waals surface area (Å²) in [5.41, 5.74) is 2.89. The quantitative estimate of drug-likeness (QED) is 0.839. The SMILES string of the molecule is Cc1cnn(CC(=O)N2CCC3(CC2)C[C@H](c2ccccc2)CN(C)C3)c1. The third kappa shape index (κ3) is 4.08. The minimum Gasteiger partial charge on any atom is -0.341 e. The molecule has 1 aromatic carbocycles. The Morgan fingerprint density at radius 3 is 2.63 bits per heavy atom. The van der Waals surface area contributed by atoms with E-state index in [1.807, 2.05) is 18.0 Å². The normalized spacial score (nSPS) is 22.9. The van der Waals surface area contributed by atoms with E-state index in [0.29, 0.717) is 17.9 Å². The monoisotopic (exact) mass is 366 g/mol. The fourth-order valence-corrected chi connectivity index (χ4v) is 5.00. The molecule has 2 fully saturated rings. The minimum absolute atomic E-state index is 0.191. The van der Waals surface area contributed by atoms with E-state index in [9.17, 15) is 4.79 Å². The van der Waals surface area contributed by atoms with E-state index in [4.69, 9.17) is 0 Å². The molecule has 0 unspecified atom stereocenters. The summed E-state index contributed by atoms with van der Waals surface area (Å²) in [6, 6.07) is 10.9. The van der Waals surface area contributed by atoms with Crippen LogP contribution in [0.15, 0.2) is 42.7 Å². The van der Waals surface area contributed by atoms with Gasteiger partial charge in [-0.15, -0.1) is 0 Å². The molecule has 0 radical (unpaired) electrons. The summed E-state index contributed by atoms with van der Waals surface area (Å²) in [6.45, 7) is 6.38. The topological polar surface area (TPSA) is 41.4 Å². The van der Waals surface area contributed by atoms with Crippen LogP contribution < -0.4 is 0 Å². The van der Waals surface area contributed by atoms with E-state index < -0.39 is 0 Å². The van der Waals surface area contributed by atoms with Crippen LogP contribution in [0, 0.1) is 12.3 Å². The lowest BCUT2D eigenvalue weighted by Gasteiger charge is -2.49. The van der Waals surface area contributed by atoms with Crippen LogP contribution in [0.2, 0.25) is 0 Å². The number of carbonyl (C=O) groups excluding carboxylic acids is 1. The summed E-state index contributed by atoms with van der Waals surface area (Å²) >= 11 is 0. The van der Waals surface area contributed by atoms with Crippen molar-refractivity contribution in [1.82, 2.24) is 19.6 Å². The summed E-state index contributed by atoms with van der Waals surface area (Å²) in [5, 5.41) is 4.25. The fraction of sp³-hybridized carbons (Fsp3) is 0.545. The number of hydrogen-bond acceptors (Lipinski definition) is 3. The highest BCUT2D eigenvalue weighted by atomic mass is 16.2. The molecule has 1 aromatic heterocycles. The van der Waals surface area contributed by atoms with Crippen molar-refractivity contribution in [2.75, 3.05) is 33.2 Å². The molecule has 2 saturated heterocycles. The molecule has 0 aliphatic carbocycles. The Morgan fingerprint density at radius 2 is 1.96 bits per heavy atom. The standard InChI is InChI=1S/C22H30N4O/c1-18-13-23-26(14-18)16-21(27)25-10-8-22(9-11-25)12-20(15-24(2)17-22)19-6-4-3-5-7-19/h3-7,13-14,20H,8-12,15-17H2,1-2H3/t20-/m0/s1. The van der Waals surface area contributed by atoms with Crippen LogP contribution in [0.3, 0.4) is 0 Å². The highest BCUT2D eigenvalue weighted by molar-refractivity contribution is 5.76. The van der Waals surface area contributed by atoms with Gasteiger partial charge >= 0.3 is 0 Å². The molecule has 1 atom stereocenters. The van der Waals surface area contributed by atoms with Gasteiger partial charge in [0.05, 0.1) is 6.20 Å². The van der Waals surface area contributed by atoms with E-state index >= 15 is 0 Å². The van der Waals surface area contributed by atoms with Crippen LogP contribution in [0.5, 0.6) is 0 Å². The number of likely N-dealkylation sites (N-methyl/N-ethyl adjacent to an activating group) is 1. The summed E-state index contributed by atoms with van der Waals surface area (Å²) in [5.74, 6) is 0.788. The van der Waals surface area contributed by atoms with Crippen molar-refractivity contribution in [2.45, 2.75) is 38.6 Å². The maximum absolute atomic E-state index is 12.7. The Kier molecular flexibility index (Phi) is 5.04. The predicted octanol–water partition coefficient (Wildman–Crippen LogP) is 2.92. The zero-order valence-corrected chi connectivity index (χ0v) is 16.5. The number of aryl methyl sites for hydroxylation is 1. The number of likely N-dealkylation sites (tertiary alicyclic amines) is 2. The second kappa shape index (κ2) is 7.47. The summed E-state index contributed by atoms with van der Waals surface area (Å²) < 4.78 is 1.75. The van der Waals surface area contributed by atoms with Crippen molar-refractivity contribution in [2.24, 2.45) is 5.41 Å². The van der Waals surface area contributed by atoms with Crippen molar-refractivity contribution in [3.63, 3.8) is 0 Å². The Bertz CT molecular complexity index is 777. The molecule has 2 aliphatic heterocycles. The van der Waals surface area contributed by atoms with Gasteiger partial charge in [0.2, 0.25) is 5.91 Å². The summed E-state index contributed by atoms with van der Waals surface area (Å²) in [4.78, 5) is 17.2. The molecule has 144 valence electrons. The van der Waals surface area contributed by atoms with E-state index in [1.165, 1.54) is 12.0 Å². The Hall–Kier alpha value is -2.14. The highest BCUT2D eigenvalue weighted by Crippen LogP contribution is 2.44. The first kappa shape index (κ1) is 18.2. The molecular weight excluding hydrogens is 336 g/mol. The van der Waals surface area contributed by atoms with Gasteiger partial charge < -0.3 is 9.80 Å². The summed E-state index contributed by atoms with van der Waals surface area (Å²) in [7, 11) is 2.24. The van der Waals surface area contributed by atoms with Crippen molar-refractivity contribution in [3.8, 4) is 0 Å². The molecule has 2 aliphatic rings. The molecule has 0 N–H and O–H groups in total. The lowest BCUT2D eigenvalue weighted by atomic mass is 9.68. The van der Waals surface area contributed by atoms with Gasteiger partial charge in [0.25, 0.3) is 0 Å². The molecule has 0 saturated carbocycles. The maximum atomic E-state index is 12.7. The second-order valence-corrected chi connectivity index (χ2v) is 8.60. The van der Waals surface area contributed by atoms with Crippen LogP contribution in [0.1, 0.15) is 36.3 Å². The largest absolute Gasteiger partial charge is 0.341 e. The van der Waals surface area contributed by atoms with Crippen molar-refractivity contribution in [1.29, 1.82) is 0 Å². The Balaban J connectivity index is 1.39. The van der Waals surface area contributed by atoms with Gasteiger partial charge in [0.15, 0.2) is 0 Å². The number of nitrogens with zero attached hydrogens (tertiary/aromatic N) is 4. The third-order valence-electron chi connectivity index (χ3n) is 6.32. The smallest absolute Gasteiger partial charge is 0.244 e. The first-order chi connectivity index (χ1) is 13.0. The number of benzene rings is 1. The number of carbonyl (C=O) groups is 1. The number of aromatic nitrogens is 2. The molecule has 2 aromatic rings. The van der Waals surface area contributed by atoms with Crippen LogP contribution >= 0.6 is 0 Å². The maximum Gasteiger partial charge on any atom is 0.244 e. The van der Waals surface area contributed by atoms with Gasteiger partial charge in [-0.3, -0.25) is 9.48 Å². The first-order valence-corrected chi connectivity index (χ1v) is 10.0. The lowest BCUT2D eigenvalue weighted by Crippen LogP contribution is -2.52. The molecule has 5 nitrogen and oxygen atoms in total. The van der Waals surface area contributed by atoms with Crippen molar-refractivity contribution >= 4 is 5.91 Å². The fourth-order valence-electron chi connectivity index (χ4n) is 5.00. The van der Waals surface area contributed by atoms with Gasteiger partial charge in [-0.2, -0.15) is 5.10 Å². The van der Waals surface area contributed by atoms with Gasteiger partial charge in [-0.1, -0.05) is 30.3 Å². The average Bonchev–Trinajstić information content (AvgIpc) is 3.07. The highest BCUT2D eigenvalue weighted by Gasteiger charge is 2.42. The lowest BCUT2D eigenvalue weighted by molar-refractivity contribution is -0.135. The number of amides is 1. The first-order valence-electron chi connectivity index (χ1n) is 10.0.